The zero-order chi connectivity index (χ0) is 15.8. The molecule has 4 rings (SSSR count). The number of aromatic nitrogens is 6. The fourth-order valence-electron chi connectivity index (χ4n) is 2.56. The van der Waals surface area contributed by atoms with E-state index in [1.165, 1.54) is 0 Å². The highest BCUT2D eigenvalue weighted by molar-refractivity contribution is 7.98. The van der Waals surface area contributed by atoms with Gasteiger partial charge in [0.05, 0.1) is 29.4 Å². The van der Waals surface area contributed by atoms with Gasteiger partial charge in [0.25, 0.3) is 0 Å². The number of aliphatic hydroxyl groups excluding tert-OH is 1. The van der Waals surface area contributed by atoms with Crippen LogP contribution < -0.4 is 0 Å². The average molecular weight is 351 g/mol. The van der Waals surface area contributed by atoms with Gasteiger partial charge in [-0.1, -0.05) is 23.4 Å². The molecule has 1 aliphatic carbocycles. The van der Waals surface area contributed by atoms with Crippen molar-refractivity contribution in [1.29, 1.82) is 0 Å². The van der Waals surface area contributed by atoms with Gasteiger partial charge in [-0.05, 0) is 41.5 Å². The Morgan fingerprint density at radius 2 is 2.22 bits per heavy atom. The summed E-state index contributed by atoms with van der Waals surface area (Å²) in [5.41, 5.74) is 1.81. The third kappa shape index (κ3) is 2.93. The van der Waals surface area contributed by atoms with Crippen LogP contribution in [-0.4, -0.2) is 41.5 Å². The van der Waals surface area contributed by atoms with Crippen molar-refractivity contribution in [3.05, 3.63) is 29.0 Å². The molecular weight excluding hydrogens is 336 g/mol. The summed E-state index contributed by atoms with van der Waals surface area (Å²) in [6.07, 6.45) is 2.28. The number of fused-ring (bicyclic) bond motifs is 1. The third-order valence-corrected chi connectivity index (χ3v) is 4.96. The standard InChI is InChI=1S/C14H15ClN6OS/c15-9-1-4-11-12(7-9)20(5-6-22)13(16-11)8-23-14-17-18-19-21(14)10-2-3-10/h1,4,7,10,22H,2-3,5-6,8H2. The van der Waals surface area contributed by atoms with Crippen LogP contribution in [0.1, 0.15) is 24.7 Å². The van der Waals surface area contributed by atoms with E-state index in [9.17, 15) is 5.11 Å². The van der Waals surface area contributed by atoms with Gasteiger partial charge in [0, 0.05) is 11.6 Å². The number of benzene rings is 1. The number of nitrogens with zero attached hydrogens (tertiary/aromatic N) is 6. The van der Waals surface area contributed by atoms with E-state index in [0.29, 0.717) is 23.4 Å². The van der Waals surface area contributed by atoms with Gasteiger partial charge in [-0.3, -0.25) is 0 Å². The Kier molecular flexibility index (Phi) is 3.96. The van der Waals surface area contributed by atoms with Gasteiger partial charge in [0.2, 0.25) is 5.16 Å². The molecule has 2 aromatic heterocycles. The molecule has 7 nitrogen and oxygen atoms in total. The van der Waals surface area contributed by atoms with E-state index < -0.39 is 0 Å². The van der Waals surface area contributed by atoms with E-state index >= 15 is 0 Å². The second-order valence-electron chi connectivity index (χ2n) is 5.46. The van der Waals surface area contributed by atoms with Crippen LogP contribution in [0.3, 0.4) is 0 Å². The Balaban J connectivity index is 1.62. The lowest BCUT2D eigenvalue weighted by molar-refractivity contribution is 0.276. The van der Waals surface area contributed by atoms with E-state index in [0.717, 1.165) is 34.9 Å². The summed E-state index contributed by atoms with van der Waals surface area (Å²) in [6, 6.07) is 6.04. The minimum atomic E-state index is 0.0510. The zero-order valence-corrected chi connectivity index (χ0v) is 13.8. The van der Waals surface area contributed by atoms with E-state index in [-0.39, 0.29) is 6.61 Å². The van der Waals surface area contributed by atoms with E-state index in [1.807, 2.05) is 27.4 Å². The number of tetrazole rings is 1. The number of hydrogen-bond acceptors (Lipinski definition) is 6. The molecule has 1 fully saturated rings. The predicted octanol–water partition coefficient (Wildman–Crippen LogP) is 2.30. The number of thioether (sulfide) groups is 1. The number of hydrogen-bond donors (Lipinski definition) is 1. The van der Waals surface area contributed by atoms with Crippen LogP contribution in [0.15, 0.2) is 23.4 Å². The molecule has 0 bridgehead atoms. The summed E-state index contributed by atoms with van der Waals surface area (Å²) < 4.78 is 3.89. The summed E-state index contributed by atoms with van der Waals surface area (Å²) in [5, 5.41) is 22.7. The molecule has 0 amide bonds. The number of aliphatic hydroxyl groups is 1. The molecule has 1 aliphatic rings. The predicted molar refractivity (Wildman–Crippen MR) is 87.5 cm³/mol. The first-order valence-corrected chi connectivity index (χ1v) is 8.79. The largest absolute Gasteiger partial charge is 0.395 e. The second kappa shape index (κ2) is 6.10. The molecule has 0 radical (unpaired) electrons. The Bertz CT molecular complexity index is 843. The quantitative estimate of drug-likeness (QED) is 0.687. The van der Waals surface area contributed by atoms with Crippen LogP contribution in [0.5, 0.6) is 0 Å². The fraction of sp³-hybridized carbons (Fsp3) is 0.429. The van der Waals surface area contributed by atoms with E-state index in [2.05, 4.69) is 20.5 Å². The highest BCUT2D eigenvalue weighted by Crippen LogP contribution is 2.37. The SMILES string of the molecule is OCCn1c(CSc2nnnn2C2CC2)nc2ccc(Cl)cc21. The molecule has 0 saturated heterocycles. The van der Waals surface area contributed by atoms with Crippen LogP contribution in [0.2, 0.25) is 5.02 Å². The molecular formula is C14H15ClN6OS. The zero-order valence-electron chi connectivity index (χ0n) is 12.3. The summed E-state index contributed by atoms with van der Waals surface area (Å²) in [7, 11) is 0. The molecule has 1 saturated carbocycles. The number of imidazole rings is 1. The minimum absolute atomic E-state index is 0.0510. The van der Waals surface area contributed by atoms with Crippen LogP contribution in [0, 0.1) is 0 Å². The first-order chi connectivity index (χ1) is 11.3. The maximum Gasteiger partial charge on any atom is 0.210 e. The normalized spacial score (nSPS) is 14.7. The topological polar surface area (TPSA) is 81.6 Å². The van der Waals surface area contributed by atoms with Gasteiger partial charge in [-0.25, -0.2) is 9.67 Å². The highest BCUT2D eigenvalue weighted by atomic mass is 35.5. The van der Waals surface area contributed by atoms with Gasteiger partial charge in [-0.2, -0.15) is 0 Å². The highest BCUT2D eigenvalue weighted by Gasteiger charge is 2.28. The second-order valence-corrected chi connectivity index (χ2v) is 6.84. The molecule has 3 aromatic rings. The molecule has 1 aromatic carbocycles. The van der Waals surface area contributed by atoms with Crippen molar-refractivity contribution in [2.75, 3.05) is 6.61 Å². The molecule has 120 valence electrons. The van der Waals surface area contributed by atoms with Crippen molar-refractivity contribution in [3.63, 3.8) is 0 Å². The van der Waals surface area contributed by atoms with Crippen LogP contribution in [0.25, 0.3) is 11.0 Å². The van der Waals surface area contributed by atoms with Crippen molar-refractivity contribution in [2.45, 2.75) is 36.3 Å². The molecule has 0 unspecified atom stereocenters. The molecule has 9 heteroatoms. The smallest absolute Gasteiger partial charge is 0.210 e. The summed E-state index contributed by atoms with van der Waals surface area (Å²) >= 11 is 7.65. The first kappa shape index (κ1) is 14.9. The summed E-state index contributed by atoms with van der Waals surface area (Å²) in [6.45, 7) is 0.537. The lowest BCUT2D eigenvalue weighted by Gasteiger charge is -2.07. The molecule has 0 spiro atoms. The molecule has 0 aliphatic heterocycles. The van der Waals surface area contributed by atoms with Gasteiger partial charge in [-0.15, -0.1) is 5.10 Å². The Labute approximate surface area is 141 Å². The van der Waals surface area contributed by atoms with Crippen LogP contribution >= 0.6 is 23.4 Å². The van der Waals surface area contributed by atoms with Gasteiger partial charge in [0.15, 0.2) is 0 Å². The van der Waals surface area contributed by atoms with E-state index in [4.69, 9.17) is 11.6 Å². The number of rotatable bonds is 6. The van der Waals surface area contributed by atoms with E-state index in [1.54, 1.807) is 11.8 Å². The van der Waals surface area contributed by atoms with Crippen molar-refractivity contribution in [3.8, 4) is 0 Å². The minimum Gasteiger partial charge on any atom is -0.395 e. The van der Waals surface area contributed by atoms with Gasteiger partial charge in [0.1, 0.15) is 5.82 Å². The van der Waals surface area contributed by atoms with Crippen LogP contribution in [0.4, 0.5) is 0 Å². The Hall–Kier alpha value is -1.64. The molecule has 1 N–H and O–H groups in total. The van der Waals surface area contributed by atoms with Crippen molar-refractivity contribution in [1.82, 2.24) is 29.8 Å². The molecule has 0 atom stereocenters. The number of halogens is 1. The monoisotopic (exact) mass is 350 g/mol. The third-order valence-electron chi connectivity index (χ3n) is 3.80. The summed E-state index contributed by atoms with van der Waals surface area (Å²) in [5.74, 6) is 1.52. The van der Waals surface area contributed by atoms with Crippen molar-refractivity contribution < 1.29 is 5.11 Å². The maximum absolute atomic E-state index is 9.34. The van der Waals surface area contributed by atoms with Crippen LogP contribution in [-0.2, 0) is 12.3 Å². The Morgan fingerprint density at radius 3 is 3.00 bits per heavy atom. The maximum atomic E-state index is 9.34. The lowest BCUT2D eigenvalue weighted by atomic mass is 10.3. The van der Waals surface area contributed by atoms with Crippen molar-refractivity contribution >= 4 is 34.4 Å². The van der Waals surface area contributed by atoms with Gasteiger partial charge >= 0.3 is 0 Å². The van der Waals surface area contributed by atoms with Gasteiger partial charge < -0.3 is 9.67 Å². The Morgan fingerprint density at radius 1 is 1.35 bits per heavy atom. The lowest BCUT2D eigenvalue weighted by Crippen LogP contribution is -2.06. The average Bonchev–Trinajstić information content (AvgIpc) is 3.19. The molecule has 23 heavy (non-hydrogen) atoms. The fourth-order valence-corrected chi connectivity index (χ4v) is 3.62. The first-order valence-electron chi connectivity index (χ1n) is 7.42. The van der Waals surface area contributed by atoms with Crippen molar-refractivity contribution in [2.24, 2.45) is 0 Å². The molecule has 2 heterocycles. The summed E-state index contributed by atoms with van der Waals surface area (Å²) in [4.78, 5) is 4.66.